The lowest BCUT2D eigenvalue weighted by Crippen LogP contribution is -2.43. The molecule has 0 heterocycles. The molecule has 0 saturated heterocycles. The molecule has 0 radical (unpaired) electrons. The van der Waals surface area contributed by atoms with Crippen molar-refractivity contribution in [2.45, 2.75) is 32.7 Å². The van der Waals surface area contributed by atoms with Crippen LogP contribution in [0, 0.1) is 0 Å². The molecule has 0 saturated carbocycles. The Labute approximate surface area is 113 Å². The van der Waals surface area contributed by atoms with E-state index in [0.717, 1.165) is 22.2 Å². The van der Waals surface area contributed by atoms with Gasteiger partial charge in [0.2, 0.25) is 0 Å². The highest BCUT2D eigenvalue weighted by atomic mass is 32.2. The third-order valence-corrected chi connectivity index (χ3v) is 4.94. The molecule has 8 heteroatoms. The van der Waals surface area contributed by atoms with Gasteiger partial charge >= 0.3 is 5.97 Å². The van der Waals surface area contributed by atoms with E-state index >= 15 is 0 Å². The summed E-state index contributed by atoms with van der Waals surface area (Å²) in [5, 5.41) is 8.51. The third kappa shape index (κ3) is 7.91. The highest BCUT2D eigenvalue weighted by Gasteiger charge is 2.20. The van der Waals surface area contributed by atoms with Crippen molar-refractivity contribution < 1.29 is 18.3 Å². The summed E-state index contributed by atoms with van der Waals surface area (Å²) >= 11 is 1.76. The number of aliphatic carboxylic acids is 1. The molecule has 0 amide bonds. The van der Waals surface area contributed by atoms with Crippen LogP contribution >= 0.6 is 11.8 Å². The molecule has 6 nitrogen and oxygen atoms in total. The van der Waals surface area contributed by atoms with Gasteiger partial charge in [-0.2, -0.15) is 29.2 Å². The topological polar surface area (TPSA) is 86.7 Å². The fourth-order valence-corrected chi connectivity index (χ4v) is 3.13. The Balaban J connectivity index is 4.15. The second-order valence-corrected chi connectivity index (χ2v) is 7.18. The molecule has 0 aliphatic heterocycles. The van der Waals surface area contributed by atoms with Crippen molar-refractivity contribution in [2.24, 2.45) is 0 Å². The van der Waals surface area contributed by atoms with Crippen molar-refractivity contribution in [2.75, 3.05) is 25.1 Å². The van der Waals surface area contributed by atoms with E-state index in [0.29, 0.717) is 0 Å². The summed E-state index contributed by atoms with van der Waals surface area (Å²) in [4.78, 5) is 10.4. The zero-order valence-corrected chi connectivity index (χ0v) is 12.7. The molecule has 0 aliphatic carbocycles. The Kier molecular flexibility index (Phi) is 8.58. The van der Waals surface area contributed by atoms with Crippen molar-refractivity contribution in [3.8, 4) is 0 Å². The predicted molar refractivity (Wildman–Crippen MR) is 74.0 cm³/mol. The van der Waals surface area contributed by atoms with E-state index in [1.54, 1.807) is 18.7 Å². The van der Waals surface area contributed by atoms with Gasteiger partial charge in [0.05, 0.1) is 6.42 Å². The first-order valence-electron chi connectivity index (χ1n) is 5.82. The highest BCUT2D eigenvalue weighted by molar-refractivity contribution is 7.99. The van der Waals surface area contributed by atoms with Gasteiger partial charge in [0.25, 0.3) is 10.2 Å². The number of carbonyl (C=O) groups is 1. The van der Waals surface area contributed by atoms with Gasteiger partial charge < -0.3 is 5.11 Å². The number of carboxylic acids is 1. The first kappa shape index (κ1) is 17.7. The van der Waals surface area contributed by atoms with Gasteiger partial charge in [-0.25, -0.2) is 0 Å². The standard InChI is InChI=1S/C10H22N2O4S2/c1-4-17-8-6-9(2)11-18(15,16)12(3)7-5-10(13)14/h9,11H,4-8H2,1-3H3,(H,13,14). The number of hydrogen-bond donors (Lipinski definition) is 2. The smallest absolute Gasteiger partial charge is 0.304 e. The maximum Gasteiger partial charge on any atom is 0.304 e. The second kappa shape index (κ2) is 8.73. The van der Waals surface area contributed by atoms with Crippen molar-refractivity contribution >= 4 is 27.9 Å². The number of rotatable bonds is 10. The minimum absolute atomic E-state index is 0.0267. The summed E-state index contributed by atoms with van der Waals surface area (Å²) in [6.45, 7) is 3.83. The molecule has 0 aromatic carbocycles. The van der Waals surface area contributed by atoms with Gasteiger partial charge in [-0.3, -0.25) is 4.79 Å². The van der Waals surface area contributed by atoms with Gasteiger partial charge in [-0.05, 0) is 24.9 Å². The van der Waals surface area contributed by atoms with Crippen LogP contribution in [-0.4, -0.2) is 54.9 Å². The van der Waals surface area contributed by atoms with Crippen LogP contribution in [0.15, 0.2) is 0 Å². The number of thioether (sulfide) groups is 1. The molecule has 0 bridgehead atoms. The molecule has 1 unspecified atom stereocenters. The molecule has 18 heavy (non-hydrogen) atoms. The van der Waals surface area contributed by atoms with E-state index in [1.165, 1.54) is 7.05 Å². The fraction of sp³-hybridized carbons (Fsp3) is 0.900. The van der Waals surface area contributed by atoms with Crippen LogP contribution in [0.2, 0.25) is 0 Å². The Bertz CT molecular complexity index is 346. The fourth-order valence-electron chi connectivity index (χ4n) is 1.18. The van der Waals surface area contributed by atoms with Crippen LogP contribution in [0.1, 0.15) is 26.7 Å². The largest absolute Gasteiger partial charge is 0.481 e. The quantitative estimate of drug-likeness (QED) is 0.581. The first-order chi connectivity index (χ1) is 8.29. The number of carboxylic acid groups (broad SMARTS) is 1. The lowest BCUT2D eigenvalue weighted by Gasteiger charge is -2.20. The van der Waals surface area contributed by atoms with E-state index in [1.807, 2.05) is 0 Å². The summed E-state index contributed by atoms with van der Waals surface area (Å²) in [6.07, 6.45) is 0.558. The third-order valence-electron chi connectivity index (χ3n) is 2.30. The van der Waals surface area contributed by atoms with Crippen LogP contribution in [0.25, 0.3) is 0 Å². The lowest BCUT2D eigenvalue weighted by molar-refractivity contribution is -0.137. The van der Waals surface area contributed by atoms with E-state index in [4.69, 9.17) is 5.11 Å². The Hall–Kier alpha value is -0.310. The Morgan fingerprint density at radius 2 is 2.11 bits per heavy atom. The summed E-state index contributed by atoms with van der Waals surface area (Å²) in [6, 6.07) is -0.152. The maximum atomic E-state index is 11.8. The zero-order valence-electron chi connectivity index (χ0n) is 11.0. The summed E-state index contributed by atoms with van der Waals surface area (Å²) in [5.74, 6) is 0.904. The molecule has 1 atom stereocenters. The van der Waals surface area contributed by atoms with Gasteiger partial charge in [0.15, 0.2) is 0 Å². The van der Waals surface area contributed by atoms with Gasteiger partial charge in [0.1, 0.15) is 0 Å². The molecule has 0 aromatic rings. The number of nitrogens with zero attached hydrogens (tertiary/aromatic N) is 1. The average Bonchev–Trinajstić information content (AvgIpc) is 2.25. The van der Waals surface area contributed by atoms with Crippen LogP contribution in [0.5, 0.6) is 0 Å². The second-order valence-electron chi connectivity index (χ2n) is 3.97. The SMILES string of the molecule is CCSCCC(C)NS(=O)(=O)N(C)CCC(=O)O. The molecule has 0 aliphatic rings. The van der Waals surface area contributed by atoms with Crippen LogP contribution < -0.4 is 4.72 Å². The van der Waals surface area contributed by atoms with Crippen LogP contribution in [0.3, 0.4) is 0 Å². The van der Waals surface area contributed by atoms with Crippen LogP contribution in [-0.2, 0) is 15.0 Å². The summed E-state index contributed by atoms with van der Waals surface area (Å²) in [5.41, 5.74) is 0. The highest BCUT2D eigenvalue weighted by Crippen LogP contribution is 2.06. The summed E-state index contributed by atoms with van der Waals surface area (Å²) in [7, 11) is -2.21. The molecular weight excluding hydrogens is 276 g/mol. The monoisotopic (exact) mass is 298 g/mol. The zero-order chi connectivity index (χ0) is 14.2. The van der Waals surface area contributed by atoms with Crippen LogP contribution in [0.4, 0.5) is 0 Å². The molecule has 0 fully saturated rings. The molecule has 0 rings (SSSR count). The van der Waals surface area contributed by atoms with Gasteiger partial charge in [0, 0.05) is 19.6 Å². The van der Waals surface area contributed by atoms with E-state index < -0.39 is 16.2 Å². The van der Waals surface area contributed by atoms with Gasteiger partial charge in [-0.1, -0.05) is 6.92 Å². The minimum atomic E-state index is -3.58. The van der Waals surface area contributed by atoms with Gasteiger partial charge in [-0.15, -0.1) is 0 Å². The van der Waals surface area contributed by atoms with E-state index in [2.05, 4.69) is 11.6 Å². The van der Waals surface area contributed by atoms with Crippen molar-refractivity contribution in [1.82, 2.24) is 9.03 Å². The Morgan fingerprint density at radius 1 is 1.50 bits per heavy atom. The lowest BCUT2D eigenvalue weighted by atomic mass is 10.3. The number of nitrogens with one attached hydrogen (secondary N) is 1. The molecular formula is C10H22N2O4S2. The normalized spacial score (nSPS) is 13.8. The molecule has 108 valence electrons. The molecule has 2 N–H and O–H groups in total. The molecule has 0 aromatic heterocycles. The minimum Gasteiger partial charge on any atom is -0.481 e. The molecule has 0 spiro atoms. The van der Waals surface area contributed by atoms with Crippen molar-refractivity contribution in [3.05, 3.63) is 0 Å². The van der Waals surface area contributed by atoms with E-state index in [-0.39, 0.29) is 19.0 Å². The average molecular weight is 298 g/mol. The van der Waals surface area contributed by atoms with E-state index in [9.17, 15) is 13.2 Å². The first-order valence-corrected chi connectivity index (χ1v) is 8.42. The van der Waals surface area contributed by atoms with Crippen molar-refractivity contribution in [3.63, 3.8) is 0 Å². The predicted octanol–water partition coefficient (Wildman–Crippen LogP) is 0.759. The van der Waals surface area contributed by atoms with Crippen molar-refractivity contribution in [1.29, 1.82) is 0 Å². The maximum absolute atomic E-state index is 11.8. The summed E-state index contributed by atoms with van der Waals surface area (Å²) < 4.78 is 27.2. The number of hydrogen-bond acceptors (Lipinski definition) is 4. The Morgan fingerprint density at radius 3 is 2.61 bits per heavy atom.